The minimum atomic E-state index is 0.774. The predicted octanol–water partition coefficient (Wildman–Crippen LogP) is 4.38. The highest BCUT2D eigenvalue weighted by atomic mass is 15.2. The van der Waals surface area contributed by atoms with Crippen molar-refractivity contribution in [3.8, 4) is 22.6 Å². The second kappa shape index (κ2) is 7.05. The van der Waals surface area contributed by atoms with Gasteiger partial charge in [-0.3, -0.25) is 0 Å². The number of rotatable bonds is 5. The van der Waals surface area contributed by atoms with Gasteiger partial charge in [0.15, 0.2) is 0 Å². The molecule has 29 heavy (non-hydrogen) atoms. The van der Waals surface area contributed by atoms with Crippen molar-refractivity contribution in [2.45, 2.75) is 19.9 Å². The average molecular weight is 382 g/mol. The van der Waals surface area contributed by atoms with Crippen molar-refractivity contribution in [2.24, 2.45) is 7.05 Å². The molecule has 144 valence electrons. The first-order chi connectivity index (χ1) is 14.2. The van der Waals surface area contributed by atoms with Crippen molar-refractivity contribution in [3.05, 3.63) is 78.6 Å². The summed E-state index contributed by atoms with van der Waals surface area (Å²) in [6.07, 6.45) is 4.45. The van der Waals surface area contributed by atoms with Gasteiger partial charge in [0.05, 0.1) is 23.4 Å². The first-order valence-electron chi connectivity index (χ1n) is 9.73. The zero-order valence-electron chi connectivity index (χ0n) is 16.5. The van der Waals surface area contributed by atoms with Crippen LogP contribution in [0.1, 0.15) is 11.4 Å². The maximum Gasteiger partial charge on any atom is 0.134 e. The summed E-state index contributed by atoms with van der Waals surface area (Å²) in [6, 6.07) is 18.8. The van der Waals surface area contributed by atoms with E-state index in [0.29, 0.717) is 0 Å². The molecule has 0 saturated heterocycles. The summed E-state index contributed by atoms with van der Waals surface area (Å²) in [5.41, 5.74) is 6.68. The van der Waals surface area contributed by atoms with Crippen LogP contribution in [0.4, 0.5) is 0 Å². The van der Waals surface area contributed by atoms with Gasteiger partial charge >= 0.3 is 0 Å². The topological polar surface area (TPSA) is 64.3 Å². The maximum absolute atomic E-state index is 4.80. The van der Waals surface area contributed by atoms with Crippen molar-refractivity contribution < 1.29 is 0 Å². The van der Waals surface area contributed by atoms with Gasteiger partial charge in [-0.05, 0) is 18.6 Å². The molecule has 0 saturated carbocycles. The summed E-state index contributed by atoms with van der Waals surface area (Å²) in [4.78, 5) is 8.42. The molecule has 0 unspecified atom stereocenters. The zero-order chi connectivity index (χ0) is 19.8. The van der Waals surface area contributed by atoms with Crippen LogP contribution >= 0.6 is 0 Å². The highest BCUT2D eigenvalue weighted by molar-refractivity contribution is 5.92. The van der Waals surface area contributed by atoms with Gasteiger partial charge in [-0.2, -0.15) is 0 Å². The minimum absolute atomic E-state index is 0.774. The summed E-state index contributed by atoms with van der Waals surface area (Å²) in [7, 11) is 1.97. The van der Waals surface area contributed by atoms with E-state index in [-0.39, 0.29) is 0 Å². The molecule has 0 amide bonds. The second-order valence-electron chi connectivity index (χ2n) is 7.28. The highest BCUT2D eigenvalue weighted by Crippen LogP contribution is 2.35. The fraction of sp³-hybridized carbons (Fsp3) is 0.174. The summed E-state index contributed by atoms with van der Waals surface area (Å²) >= 11 is 0. The lowest BCUT2D eigenvalue weighted by molar-refractivity contribution is 0.652. The van der Waals surface area contributed by atoms with Crippen molar-refractivity contribution in [3.63, 3.8) is 0 Å². The standard InChI is InChI=1S/C23H22N6/c1-16-18-10-6-7-11-19(18)26-21(16)23-22(17-8-4-3-5-9-17)24-14-29(23)13-12-20-27-25-15-28(20)2/h3-11,14-15,26H,12-13H2,1-2H3. The minimum Gasteiger partial charge on any atom is -0.353 e. The molecule has 6 heteroatoms. The van der Waals surface area contributed by atoms with Gasteiger partial charge in [-0.25, -0.2) is 4.98 Å². The van der Waals surface area contributed by atoms with Gasteiger partial charge < -0.3 is 14.1 Å². The van der Waals surface area contributed by atoms with Crippen molar-refractivity contribution in [1.82, 2.24) is 29.3 Å². The smallest absolute Gasteiger partial charge is 0.134 e. The number of para-hydroxylation sites is 1. The van der Waals surface area contributed by atoms with E-state index in [9.17, 15) is 0 Å². The van der Waals surface area contributed by atoms with Gasteiger partial charge in [-0.1, -0.05) is 48.5 Å². The van der Waals surface area contributed by atoms with E-state index in [0.717, 1.165) is 47.0 Å². The molecule has 0 radical (unpaired) electrons. The lowest BCUT2D eigenvalue weighted by Gasteiger charge is -2.10. The molecule has 6 nitrogen and oxygen atoms in total. The van der Waals surface area contributed by atoms with Crippen LogP contribution in [-0.2, 0) is 20.0 Å². The number of hydrogen-bond acceptors (Lipinski definition) is 3. The number of aromatic amines is 1. The van der Waals surface area contributed by atoms with E-state index in [2.05, 4.69) is 75.2 Å². The van der Waals surface area contributed by atoms with Crippen LogP contribution < -0.4 is 0 Å². The van der Waals surface area contributed by atoms with E-state index in [1.165, 1.54) is 10.9 Å². The molecule has 3 aromatic heterocycles. The Hall–Kier alpha value is -3.67. The second-order valence-corrected chi connectivity index (χ2v) is 7.28. The van der Waals surface area contributed by atoms with Gasteiger partial charge in [0.25, 0.3) is 0 Å². The quantitative estimate of drug-likeness (QED) is 0.491. The number of nitrogens with one attached hydrogen (secondary N) is 1. The van der Waals surface area contributed by atoms with E-state index in [1.807, 2.05) is 24.0 Å². The summed E-state index contributed by atoms with van der Waals surface area (Å²) in [5, 5.41) is 9.45. The first kappa shape index (κ1) is 17.4. The van der Waals surface area contributed by atoms with Crippen LogP contribution in [0.5, 0.6) is 0 Å². The molecule has 0 aliphatic rings. The molecule has 0 bridgehead atoms. The Labute approximate surface area is 168 Å². The van der Waals surface area contributed by atoms with E-state index in [1.54, 1.807) is 6.33 Å². The van der Waals surface area contributed by atoms with Crippen LogP contribution in [-0.4, -0.2) is 29.3 Å². The van der Waals surface area contributed by atoms with E-state index < -0.39 is 0 Å². The third-order valence-electron chi connectivity index (χ3n) is 5.47. The van der Waals surface area contributed by atoms with Crippen LogP contribution in [0.3, 0.4) is 0 Å². The zero-order valence-corrected chi connectivity index (χ0v) is 16.5. The molecule has 3 heterocycles. The van der Waals surface area contributed by atoms with Crippen molar-refractivity contribution >= 4 is 10.9 Å². The van der Waals surface area contributed by atoms with Crippen molar-refractivity contribution in [1.29, 1.82) is 0 Å². The fourth-order valence-corrected chi connectivity index (χ4v) is 3.89. The SMILES string of the molecule is Cc1c(-c2c(-c3ccccc3)ncn2CCc2nncn2C)[nH]c2ccccc12. The Balaban J connectivity index is 1.65. The van der Waals surface area contributed by atoms with Gasteiger partial charge in [-0.15, -0.1) is 10.2 Å². The molecule has 0 aliphatic carbocycles. The number of nitrogens with zero attached hydrogens (tertiary/aromatic N) is 5. The molecule has 0 aliphatic heterocycles. The maximum atomic E-state index is 4.80. The molecule has 5 rings (SSSR count). The third kappa shape index (κ3) is 3.02. The first-order valence-corrected chi connectivity index (χ1v) is 9.73. The number of aryl methyl sites for hydroxylation is 4. The summed E-state index contributed by atoms with van der Waals surface area (Å²) in [6.45, 7) is 2.94. The number of benzene rings is 2. The Morgan fingerprint density at radius 1 is 0.966 bits per heavy atom. The molecule has 0 atom stereocenters. The van der Waals surface area contributed by atoms with Gasteiger partial charge in [0, 0.05) is 36.5 Å². The Kier molecular flexibility index (Phi) is 4.24. The molecular formula is C23H22N6. The van der Waals surface area contributed by atoms with Gasteiger partial charge in [0.2, 0.25) is 0 Å². The van der Waals surface area contributed by atoms with Crippen LogP contribution in [0.2, 0.25) is 0 Å². The van der Waals surface area contributed by atoms with E-state index >= 15 is 0 Å². The Morgan fingerprint density at radius 2 is 1.76 bits per heavy atom. The lowest BCUT2D eigenvalue weighted by atomic mass is 10.1. The summed E-state index contributed by atoms with van der Waals surface area (Å²) in [5.74, 6) is 0.958. The number of hydrogen-bond donors (Lipinski definition) is 1. The number of aromatic nitrogens is 6. The predicted molar refractivity (Wildman–Crippen MR) is 114 cm³/mol. The largest absolute Gasteiger partial charge is 0.353 e. The van der Waals surface area contributed by atoms with Crippen molar-refractivity contribution in [2.75, 3.05) is 0 Å². The fourth-order valence-electron chi connectivity index (χ4n) is 3.89. The van der Waals surface area contributed by atoms with Crippen LogP contribution in [0, 0.1) is 6.92 Å². The molecule has 0 spiro atoms. The normalized spacial score (nSPS) is 11.4. The highest BCUT2D eigenvalue weighted by Gasteiger charge is 2.20. The molecular weight excluding hydrogens is 360 g/mol. The number of imidazole rings is 1. The lowest BCUT2D eigenvalue weighted by Crippen LogP contribution is -2.07. The average Bonchev–Trinajstić information content (AvgIpc) is 3.44. The van der Waals surface area contributed by atoms with Crippen LogP contribution in [0.25, 0.3) is 33.5 Å². The molecule has 2 aromatic carbocycles. The third-order valence-corrected chi connectivity index (χ3v) is 5.47. The number of H-pyrrole nitrogens is 1. The Bertz CT molecular complexity index is 1280. The van der Waals surface area contributed by atoms with Gasteiger partial charge in [0.1, 0.15) is 12.2 Å². The monoisotopic (exact) mass is 382 g/mol. The van der Waals surface area contributed by atoms with Crippen LogP contribution in [0.15, 0.2) is 67.3 Å². The number of fused-ring (bicyclic) bond motifs is 1. The molecule has 0 fully saturated rings. The summed E-state index contributed by atoms with van der Waals surface area (Å²) < 4.78 is 4.18. The molecule has 5 aromatic rings. The van der Waals surface area contributed by atoms with E-state index in [4.69, 9.17) is 4.98 Å². The Morgan fingerprint density at radius 3 is 2.52 bits per heavy atom. The molecule has 1 N–H and O–H groups in total.